The number of ether oxygens (including phenoxy) is 2. The molecule has 27 heavy (non-hydrogen) atoms. The number of aromatic nitrogens is 1. The standard InChI is InChI=1S/C19H19N3O3S2/c1-10-5-11(2)16-15(6-10)27-19(20-16)22-18(26)21-17(23)12-7-13(24-3)9-14(8-12)25-4/h5-9H,1-4H3,(H2,20,21,22,23,26). The first-order valence-electron chi connectivity index (χ1n) is 8.13. The van der Waals surface area contributed by atoms with Crippen molar-refractivity contribution < 1.29 is 14.3 Å². The lowest BCUT2D eigenvalue weighted by Crippen LogP contribution is -2.34. The summed E-state index contributed by atoms with van der Waals surface area (Å²) in [6, 6.07) is 9.09. The lowest BCUT2D eigenvalue weighted by atomic mass is 10.1. The van der Waals surface area contributed by atoms with E-state index in [4.69, 9.17) is 21.7 Å². The molecule has 2 aromatic carbocycles. The van der Waals surface area contributed by atoms with E-state index < -0.39 is 0 Å². The second-order valence-electron chi connectivity index (χ2n) is 5.96. The van der Waals surface area contributed by atoms with E-state index in [1.165, 1.54) is 31.1 Å². The Bertz CT molecular complexity index is 1010. The molecule has 0 unspecified atom stereocenters. The van der Waals surface area contributed by atoms with Gasteiger partial charge in [0.05, 0.1) is 24.4 Å². The Balaban J connectivity index is 1.74. The molecule has 140 valence electrons. The Labute approximate surface area is 166 Å². The molecule has 0 aliphatic carbocycles. The summed E-state index contributed by atoms with van der Waals surface area (Å²) in [6.07, 6.45) is 0. The van der Waals surface area contributed by atoms with Crippen LogP contribution in [0.25, 0.3) is 10.2 Å². The SMILES string of the molecule is COc1cc(OC)cc(C(=O)NC(=S)Nc2nc3c(C)cc(C)cc3s2)c1. The van der Waals surface area contributed by atoms with Crippen LogP contribution in [0.4, 0.5) is 5.13 Å². The largest absolute Gasteiger partial charge is 0.497 e. The van der Waals surface area contributed by atoms with Gasteiger partial charge < -0.3 is 14.8 Å². The summed E-state index contributed by atoms with van der Waals surface area (Å²) in [4.78, 5) is 17.0. The van der Waals surface area contributed by atoms with Gasteiger partial charge in [-0.25, -0.2) is 4.98 Å². The van der Waals surface area contributed by atoms with Gasteiger partial charge in [0, 0.05) is 11.6 Å². The number of rotatable bonds is 4. The van der Waals surface area contributed by atoms with Crippen LogP contribution in [0.15, 0.2) is 30.3 Å². The van der Waals surface area contributed by atoms with E-state index in [0.29, 0.717) is 22.2 Å². The zero-order chi connectivity index (χ0) is 19.6. The number of nitrogens with zero attached hydrogens (tertiary/aromatic N) is 1. The third kappa shape index (κ3) is 4.35. The molecule has 8 heteroatoms. The number of carbonyl (C=O) groups excluding carboxylic acids is 1. The summed E-state index contributed by atoms with van der Waals surface area (Å²) in [5.41, 5.74) is 3.59. The molecule has 0 spiro atoms. The number of thiazole rings is 1. The number of nitrogens with one attached hydrogen (secondary N) is 2. The minimum Gasteiger partial charge on any atom is -0.497 e. The zero-order valence-electron chi connectivity index (χ0n) is 15.4. The molecule has 0 fully saturated rings. The number of methoxy groups -OCH3 is 2. The van der Waals surface area contributed by atoms with Crippen molar-refractivity contribution in [2.24, 2.45) is 0 Å². The van der Waals surface area contributed by atoms with Crippen LogP contribution in [-0.4, -0.2) is 30.2 Å². The van der Waals surface area contributed by atoms with Gasteiger partial charge in [0.2, 0.25) is 0 Å². The maximum Gasteiger partial charge on any atom is 0.257 e. The highest BCUT2D eigenvalue weighted by atomic mass is 32.1. The highest BCUT2D eigenvalue weighted by Gasteiger charge is 2.13. The van der Waals surface area contributed by atoms with Crippen molar-refractivity contribution in [1.82, 2.24) is 10.3 Å². The predicted octanol–water partition coefficient (Wildman–Crippen LogP) is 4.06. The lowest BCUT2D eigenvalue weighted by molar-refractivity contribution is 0.0977. The van der Waals surface area contributed by atoms with Crippen molar-refractivity contribution in [3.63, 3.8) is 0 Å². The molecule has 1 heterocycles. The molecule has 0 aliphatic heterocycles. The smallest absolute Gasteiger partial charge is 0.257 e. The Morgan fingerprint density at radius 1 is 1.07 bits per heavy atom. The van der Waals surface area contributed by atoms with Crippen LogP contribution in [0.3, 0.4) is 0 Å². The van der Waals surface area contributed by atoms with Crippen molar-refractivity contribution in [1.29, 1.82) is 0 Å². The van der Waals surface area contributed by atoms with Gasteiger partial charge in [-0.1, -0.05) is 17.4 Å². The molecule has 1 aromatic heterocycles. The Morgan fingerprint density at radius 3 is 2.37 bits per heavy atom. The van der Waals surface area contributed by atoms with Gasteiger partial charge in [0.1, 0.15) is 11.5 Å². The third-order valence-corrected chi connectivity index (χ3v) is 5.01. The van der Waals surface area contributed by atoms with Crippen molar-refractivity contribution in [3.05, 3.63) is 47.0 Å². The van der Waals surface area contributed by atoms with Crippen LogP contribution < -0.4 is 20.1 Å². The van der Waals surface area contributed by atoms with Crippen LogP contribution in [-0.2, 0) is 0 Å². The van der Waals surface area contributed by atoms with Crippen LogP contribution in [0.1, 0.15) is 21.5 Å². The fourth-order valence-corrected chi connectivity index (χ4v) is 3.97. The van der Waals surface area contributed by atoms with E-state index in [2.05, 4.69) is 27.8 Å². The zero-order valence-corrected chi connectivity index (χ0v) is 17.0. The summed E-state index contributed by atoms with van der Waals surface area (Å²) in [5.74, 6) is 0.684. The van der Waals surface area contributed by atoms with Crippen molar-refractivity contribution in [2.45, 2.75) is 13.8 Å². The first kappa shape index (κ1) is 19.1. The molecular formula is C19H19N3O3S2. The van der Waals surface area contributed by atoms with Gasteiger partial charge in [0.25, 0.3) is 5.91 Å². The van der Waals surface area contributed by atoms with E-state index >= 15 is 0 Å². The van der Waals surface area contributed by atoms with Crippen LogP contribution in [0, 0.1) is 13.8 Å². The fraction of sp³-hybridized carbons (Fsp3) is 0.211. The Morgan fingerprint density at radius 2 is 1.74 bits per heavy atom. The molecule has 0 saturated heterocycles. The van der Waals surface area contributed by atoms with Crippen LogP contribution in [0.5, 0.6) is 11.5 Å². The molecule has 0 bridgehead atoms. The molecule has 2 N–H and O–H groups in total. The van der Waals surface area contributed by atoms with Gasteiger partial charge in [-0.15, -0.1) is 0 Å². The second-order valence-corrected chi connectivity index (χ2v) is 7.40. The maximum atomic E-state index is 12.5. The number of anilines is 1. The molecule has 3 rings (SSSR count). The number of amides is 1. The summed E-state index contributed by atoms with van der Waals surface area (Å²) in [5, 5.41) is 6.44. The van der Waals surface area contributed by atoms with Crippen molar-refractivity contribution in [2.75, 3.05) is 19.5 Å². The van der Waals surface area contributed by atoms with Gasteiger partial charge in [-0.3, -0.25) is 10.1 Å². The van der Waals surface area contributed by atoms with E-state index in [9.17, 15) is 4.79 Å². The van der Waals surface area contributed by atoms with Crippen molar-refractivity contribution in [3.8, 4) is 11.5 Å². The molecule has 1 amide bonds. The fourth-order valence-electron chi connectivity index (χ4n) is 2.67. The molecule has 0 aliphatic rings. The molecule has 0 radical (unpaired) electrons. The number of carbonyl (C=O) groups is 1. The maximum absolute atomic E-state index is 12.5. The van der Waals surface area contributed by atoms with E-state index in [1.807, 2.05) is 13.8 Å². The quantitative estimate of drug-likeness (QED) is 0.643. The molecule has 3 aromatic rings. The first-order valence-corrected chi connectivity index (χ1v) is 9.35. The second kappa shape index (κ2) is 7.89. The van der Waals surface area contributed by atoms with Crippen LogP contribution in [0.2, 0.25) is 0 Å². The van der Waals surface area contributed by atoms with E-state index in [-0.39, 0.29) is 11.0 Å². The molecule has 0 saturated carbocycles. The highest BCUT2D eigenvalue weighted by Crippen LogP contribution is 2.29. The molecule has 0 atom stereocenters. The van der Waals surface area contributed by atoms with Gasteiger partial charge in [-0.05, 0) is 55.4 Å². The average molecular weight is 402 g/mol. The monoisotopic (exact) mass is 401 g/mol. The normalized spacial score (nSPS) is 10.5. The number of benzene rings is 2. The summed E-state index contributed by atoms with van der Waals surface area (Å²) >= 11 is 6.75. The Hall–Kier alpha value is -2.71. The number of fused-ring (bicyclic) bond motifs is 1. The average Bonchev–Trinajstić information content (AvgIpc) is 3.03. The van der Waals surface area contributed by atoms with Crippen molar-refractivity contribution >= 4 is 49.9 Å². The summed E-state index contributed by atoms with van der Waals surface area (Å²) in [6.45, 7) is 4.07. The number of hydrogen-bond acceptors (Lipinski definition) is 6. The Kier molecular flexibility index (Phi) is 5.57. The summed E-state index contributed by atoms with van der Waals surface area (Å²) in [7, 11) is 3.05. The van der Waals surface area contributed by atoms with Gasteiger partial charge in [0.15, 0.2) is 10.2 Å². The number of thiocarbonyl (C=S) groups is 1. The highest BCUT2D eigenvalue weighted by molar-refractivity contribution is 7.80. The number of aryl methyl sites for hydroxylation is 2. The van der Waals surface area contributed by atoms with E-state index in [0.717, 1.165) is 15.8 Å². The lowest BCUT2D eigenvalue weighted by Gasteiger charge is -2.10. The minimum absolute atomic E-state index is 0.176. The molecule has 6 nitrogen and oxygen atoms in total. The molecular weight excluding hydrogens is 382 g/mol. The van der Waals surface area contributed by atoms with E-state index in [1.54, 1.807) is 18.2 Å². The minimum atomic E-state index is -0.363. The summed E-state index contributed by atoms with van der Waals surface area (Å²) < 4.78 is 11.4. The predicted molar refractivity (Wildman–Crippen MR) is 112 cm³/mol. The van der Waals surface area contributed by atoms with Gasteiger partial charge in [-0.2, -0.15) is 0 Å². The topological polar surface area (TPSA) is 72.5 Å². The third-order valence-electron chi connectivity index (χ3n) is 3.89. The number of hydrogen-bond donors (Lipinski definition) is 2. The first-order chi connectivity index (χ1) is 12.9. The van der Waals surface area contributed by atoms with Gasteiger partial charge >= 0.3 is 0 Å². The van der Waals surface area contributed by atoms with Crippen LogP contribution >= 0.6 is 23.6 Å².